The fourth-order valence-electron chi connectivity index (χ4n) is 1.99. The van der Waals surface area contributed by atoms with Crippen LogP contribution in [0.2, 0.25) is 0 Å². The van der Waals surface area contributed by atoms with Crippen LogP contribution in [-0.4, -0.2) is 56.9 Å². The summed E-state index contributed by atoms with van der Waals surface area (Å²) in [6.07, 6.45) is 2.19. The van der Waals surface area contributed by atoms with Crippen molar-refractivity contribution in [3.63, 3.8) is 0 Å². The highest BCUT2D eigenvalue weighted by Gasteiger charge is 2.33. The molecule has 16 heavy (non-hydrogen) atoms. The number of nitrogens with zero attached hydrogens (tertiary/aromatic N) is 1. The second-order valence-electron chi connectivity index (χ2n) is 4.42. The quantitative estimate of drug-likeness (QED) is 0.718. The van der Waals surface area contributed by atoms with Gasteiger partial charge in [-0.25, -0.2) is 4.79 Å². The summed E-state index contributed by atoms with van der Waals surface area (Å²) >= 11 is 0. The van der Waals surface area contributed by atoms with Gasteiger partial charge in [0, 0.05) is 27.2 Å². The monoisotopic (exact) mass is 229 g/mol. The zero-order chi connectivity index (χ0) is 12.0. The van der Waals surface area contributed by atoms with E-state index >= 15 is 0 Å². The zero-order valence-electron chi connectivity index (χ0n) is 10.5. The number of amides is 2. The van der Waals surface area contributed by atoms with Crippen LogP contribution in [0.5, 0.6) is 0 Å². The minimum Gasteiger partial charge on any atom is -0.383 e. The van der Waals surface area contributed by atoms with Gasteiger partial charge in [-0.05, 0) is 26.3 Å². The van der Waals surface area contributed by atoms with Crippen molar-refractivity contribution in [2.75, 3.05) is 40.4 Å². The molecule has 0 aromatic rings. The van der Waals surface area contributed by atoms with Gasteiger partial charge in [0.25, 0.3) is 0 Å². The van der Waals surface area contributed by atoms with Crippen LogP contribution in [0, 0.1) is 0 Å². The molecule has 5 nitrogen and oxygen atoms in total. The van der Waals surface area contributed by atoms with Gasteiger partial charge in [0.05, 0.1) is 12.1 Å². The van der Waals surface area contributed by atoms with Gasteiger partial charge in [0.1, 0.15) is 0 Å². The molecule has 2 N–H and O–H groups in total. The molecule has 1 unspecified atom stereocenters. The minimum atomic E-state index is -0.0704. The highest BCUT2D eigenvalue weighted by atomic mass is 16.5. The van der Waals surface area contributed by atoms with E-state index < -0.39 is 0 Å². The summed E-state index contributed by atoms with van der Waals surface area (Å²) in [5.74, 6) is 0. The number of carbonyl (C=O) groups is 1. The van der Waals surface area contributed by atoms with Gasteiger partial charge in [-0.15, -0.1) is 0 Å². The van der Waals surface area contributed by atoms with Crippen LogP contribution in [0.4, 0.5) is 4.79 Å². The Hall–Kier alpha value is -0.810. The van der Waals surface area contributed by atoms with E-state index in [1.807, 2.05) is 6.92 Å². The van der Waals surface area contributed by atoms with Crippen LogP contribution < -0.4 is 10.6 Å². The van der Waals surface area contributed by atoms with E-state index in [-0.39, 0.29) is 11.6 Å². The number of hydrogen-bond donors (Lipinski definition) is 2. The molecular weight excluding hydrogens is 206 g/mol. The van der Waals surface area contributed by atoms with Gasteiger partial charge in [-0.2, -0.15) is 0 Å². The van der Waals surface area contributed by atoms with Crippen molar-refractivity contribution in [3.8, 4) is 0 Å². The van der Waals surface area contributed by atoms with E-state index in [0.29, 0.717) is 13.2 Å². The standard InChI is InChI=1S/C11H23N3O2/c1-4-14(2)10(15)12-8-11(9-16-3)6-5-7-13-11/h13H,4-9H2,1-3H3,(H,12,15). The molecular formula is C11H23N3O2. The smallest absolute Gasteiger partial charge is 0.317 e. The third-order valence-electron chi connectivity index (χ3n) is 3.15. The molecule has 94 valence electrons. The number of urea groups is 1. The van der Waals surface area contributed by atoms with Crippen molar-refractivity contribution in [2.45, 2.75) is 25.3 Å². The molecule has 1 aliphatic rings. The Bertz CT molecular complexity index is 227. The molecule has 5 heteroatoms. The third-order valence-corrected chi connectivity index (χ3v) is 3.15. The molecule has 1 saturated heterocycles. The van der Waals surface area contributed by atoms with E-state index in [4.69, 9.17) is 4.74 Å². The average Bonchev–Trinajstić information content (AvgIpc) is 2.74. The molecule has 0 saturated carbocycles. The summed E-state index contributed by atoms with van der Waals surface area (Å²) in [5.41, 5.74) is -0.0704. The first-order chi connectivity index (χ1) is 7.63. The summed E-state index contributed by atoms with van der Waals surface area (Å²) in [5, 5.41) is 6.37. The number of hydrogen-bond acceptors (Lipinski definition) is 3. The van der Waals surface area contributed by atoms with Crippen LogP contribution in [0.25, 0.3) is 0 Å². The van der Waals surface area contributed by atoms with Crippen molar-refractivity contribution in [2.24, 2.45) is 0 Å². The lowest BCUT2D eigenvalue weighted by Gasteiger charge is -2.29. The van der Waals surface area contributed by atoms with Crippen LogP contribution in [0.1, 0.15) is 19.8 Å². The average molecular weight is 229 g/mol. The molecule has 1 fully saturated rings. The van der Waals surface area contributed by atoms with Gasteiger partial charge in [-0.3, -0.25) is 0 Å². The highest BCUT2D eigenvalue weighted by Crippen LogP contribution is 2.18. The lowest BCUT2D eigenvalue weighted by Crippen LogP contribution is -2.54. The second-order valence-corrected chi connectivity index (χ2v) is 4.42. The Morgan fingerprint density at radius 1 is 1.62 bits per heavy atom. The van der Waals surface area contributed by atoms with E-state index in [0.717, 1.165) is 25.9 Å². The van der Waals surface area contributed by atoms with Crippen molar-refractivity contribution in [1.82, 2.24) is 15.5 Å². The van der Waals surface area contributed by atoms with Crippen molar-refractivity contribution in [3.05, 3.63) is 0 Å². The molecule has 2 amide bonds. The van der Waals surface area contributed by atoms with Crippen LogP contribution in [-0.2, 0) is 4.74 Å². The lowest BCUT2D eigenvalue weighted by molar-refractivity contribution is 0.118. The number of nitrogens with one attached hydrogen (secondary N) is 2. The van der Waals surface area contributed by atoms with Gasteiger partial charge >= 0.3 is 6.03 Å². The van der Waals surface area contributed by atoms with E-state index in [1.54, 1.807) is 19.1 Å². The normalized spacial score (nSPS) is 24.4. The summed E-state index contributed by atoms with van der Waals surface area (Å²) in [7, 11) is 3.49. The summed E-state index contributed by atoms with van der Waals surface area (Å²) < 4.78 is 5.22. The molecule has 1 aliphatic heterocycles. The Kier molecular flexibility index (Phi) is 5.02. The van der Waals surface area contributed by atoms with E-state index in [2.05, 4.69) is 10.6 Å². The summed E-state index contributed by atoms with van der Waals surface area (Å²) in [6.45, 7) is 4.95. The number of ether oxygens (including phenoxy) is 1. The molecule has 0 aromatic heterocycles. The Morgan fingerprint density at radius 2 is 2.38 bits per heavy atom. The predicted molar refractivity (Wildman–Crippen MR) is 63.5 cm³/mol. The maximum absolute atomic E-state index is 11.6. The molecule has 0 aliphatic carbocycles. The van der Waals surface area contributed by atoms with Crippen molar-refractivity contribution >= 4 is 6.03 Å². The number of methoxy groups -OCH3 is 1. The Morgan fingerprint density at radius 3 is 2.88 bits per heavy atom. The van der Waals surface area contributed by atoms with Gasteiger partial charge in [0.2, 0.25) is 0 Å². The van der Waals surface area contributed by atoms with Crippen LogP contribution >= 0.6 is 0 Å². The fraction of sp³-hybridized carbons (Fsp3) is 0.909. The van der Waals surface area contributed by atoms with Gasteiger partial charge in [-0.1, -0.05) is 0 Å². The topological polar surface area (TPSA) is 53.6 Å². The maximum Gasteiger partial charge on any atom is 0.317 e. The van der Waals surface area contributed by atoms with Gasteiger partial charge in [0.15, 0.2) is 0 Å². The molecule has 1 atom stereocenters. The first kappa shape index (κ1) is 13.3. The summed E-state index contributed by atoms with van der Waals surface area (Å²) in [4.78, 5) is 13.3. The van der Waals surface area contributed by atoms with Crippen LogP contribution in [0.15, 0.2) is 0 Å². The molecule has 0 radical (unpaired) electrons. The molecule has 1 heterocycles. The van der Waals surface area contributed by atoms with Crippen LogP contribution in [0.3, 0.4) is 0 Å². The first-order valence-corrected chi connectivity index (χ1v) is 5.86. The van der Waals surface area contributed by atoms with Crippen molar-refractivity contribution in [1.29, 1.82) is 0 Å². The van der Waals surface area contributed by atoms with E-state index in [1.165, 1.54) is 0 Å². The maximum atomic E-state index is 11.6. The second kappa shape index (κ2) is 6.06. The molecule has 0 aromatic carbocycles. The fourth-order valence-corrected chi connectivity index (χ4v) is 1.99. The Balaban J connectivity index is 2.41. The van der Waals surface area contributed by atoms with Crippen molar-refractivity contribution < 1.29 is 9.53 Å². The minimum absolute atomic E-state index is 0.0216. The number of rotatable bonds is 5. The molecule has 0 spiro atoms. The third kappa shape index (κ3) is 3.35. The highest BCUT2D eigenvalue weighted by molar-refractivity contribution is 5.73. The van der Waals surface area contributed by atoms with Gasteiger partial charge < -0.3 is 20.3 Å². The number of carbonyl (C=O) groups excluding carboxylic acids is 1. The zero-order valence-corrected chi connectivity index (χ0v) is 10.5. The predicted octanol–water partition coefficient (Wildman–Crippen LogP) is 0.416. The summed E-state index contributed by atoms with van der Waals surface area (Å²) in [6, 6.07) is -0.0216. The first-order valence-electron chi connectivity index (χ1n) is 5.86. The van der Waals surface area contributed by atoms with E-state index in [9.17, 15) is 4.79 Å². The largest absolute Gasteiger partial charge is 0.383 e. The Labute approximate surface area is 97.5 Å². The lowest BCUT2D eigenvalue weighted by atomic mass is 9.99. The molecule has 1 rings (SSSR count). The molecule has 0 bridgehead atoms. The SMILES string of the molecule is CCN(C)C(=O)NCC1(COC)CCCN1.